The van der Waals surface area contributed by atoms with Crippen molar-refractivity contribution in [3.63, 3.8) is 0 Å². The van der Waals surface area contributed by atoms with Crippen molar-refractivity contribution in [2.75, 3.05) is 32.1 Å². The smallest absolute Gasteiger partial charge is 0.250 e. The maximum atomic E-state index is 11.9. The molecule has 0 radical (unpaired) electrons. The Kier molecular flexibility index (Phi) is 5.38. The molecule has 0 unspecified atom stereocenters. The third-order valence-corrected chi connectivity index (χ3v) is 3.37. The quantitative estimate of drug-likeness (QED) is 0.861. The van der Waals surface area contributed by atoms with Crippen LogP contribution < -0.4 is 15.4 Å². The van der Waals surface area contributed by atoms with Crippen LogP contribution in [0.2, 0.25) is 0 Å². The Morgan fingerprint density at radius 1 is 1.40 bits per heavy atom. The lowest BCUT2D eigenvalue weighted by Gasteiger charge is -2.22. The van der Waals surface area contributed by atoms with Crippen molar-refractivity contribution >= 4 is 11.6 Å². The van der Waals surface area contributed by atoms with E-state index in [9.17, 15) is 4.79 Å². The van der Waals surface area contributed by atoms with Gasteiger partial charge < -0.3 is 20.1 Å². The standard InChI is InChI=1S/C15H22N2O3/c1-11-3-4-14(19-2)13(9-11)17-15(18)10-20-12-5-7-16-8-6-12/h3-4,9,12,16H,5-8,10H2,1-2H3,(H,17,18). The van der Waals surface area contributed by atoms with Gasteiger partial charge in [0, 0.05) is 0 Å². The van der Waals surface area contributed by atoms with E-state index in [-0.39, 0.29) is 18.6 Å². The Morgan fingerprint density at radius 3 is 2.85 bits per heavy atom. The maximum absolute atomic E-state index is 11.9. The highest BCUT2D eigenvalue weighted by Crippen LogP contribution is 2.25. The van der Waals surface area contributed by atoms with Crippen LogP contribution in [0.25, 0.3) is 0 Å². The monoisotopic (exact) mass is 278 g/mol. The first-order chi connectivity index (χ1) is 9.69. The maximum Gasteiger partial charge on any atom is 0.250 e. The fourth-order valence-corrected chi connectivity index (χ4v) is 2.26. The van der Waals surface area contributed by atoms with Crippen LogP contribution in [0.1, 0.15) is 18.4 Å². The molecule has 1 aliphatic rings. The van der Waals surface area contributed by atoms with E-state index in [4.69, 9.17) is 9.47 Å². The molecule has 5 nitrogen and oxygen atoms in total. The van der Waals surface area contributed by atoms with Crippen molar-refractivity contribution in [2.45, 2.75) is 25.9 Å². The van der Waals surface area contributed by atoms with Crippen LogP contribution in [0.15, 0.2) is 18.2 Å². The van der Waals surface area contributed by atoms with E-state index >= 15 is 0 Å². The van der Waals surface area contributed by atoms with Gasteiger partial charge >= 0.3 is 0 Å². The summed E-state index contributed by atoms with van der Waals surface area (Å²) in [6, 6.07) is 5.68. The Bertz CT molecular complexity index is 456. The average Bonchev–Trinajstić information content (AvgIpc) is 2.46. The molecule has 110 valence electrons. The molecule has 1 saturated heterocycles. The molecule has 1 aromatic carbocycles. The van der Waals surface area contributed by atoms with Crippen LogP contribution in [0.3, 0.4) is 0 Å². The number of carbonyl (C=O) groups is 1. The molecule has 1 heterocycles. The van der Waals surface area contributed by atoms with Crippen molar-refractivity contribution in [3.8, 4) is 5.75 Å². The second kappa shape index (κ2) is 7.26. The van der Waals surface area contributed by atoms with E-state index in [1.165, 1.54) is 0 Å². The van der Waals surface area contributed by atoms with Crippen molar-refractivity contribution in [3.05, 3.63) is 23.8 Å². The molecule has 1 amide bonds. The third kappa shape index (κ3) is 4.21. The second-order valence-corrected chi connectivity index (χ2v) is 5.01. The summed E-state index contributed by atoms with van der Waals surface area (Å²) >= 11 is 0. The highest BCUT2D eigenvalue weighted by molar-refractivity contribution is 5.93. The summed E-state index contributed by atoms with van der Waals surface area (Å²) in [6.45, 7) is 3.97. The lowest BCUT2D eigenvalue weighted by molar-refractivity contribution is -0.123. The lowest BCUT2D eigenvalue weighted by atomic mass is 10.1. The molecular weight excluding hydrogens is 256 g/mol. The van der Waals surface area contributed by atoms with Gasteiger partial charge in [-0.1, -0.05) is 6.07 Å². The minimum Gasteiger partial charge on any atom is -0.495 e. The van der Waals surface area contributed by atoms with Gasteiger partial charge in [-0.05, 0) is 50.6 Å². The first kappa shape index (κ1) is 14.8. The molecule has 1 aliphatic heterocycles. The Hall–Kier alpha value is -1.59. The summed E-state index contributed by atoms with van der Waals surface area (Å²) in [5, 5.41) is 6.10. The van der Waals surface area contributed by atoms with Crippen LogP contribution in [-0.2, 0) is 9.53 Å². The fourth-order valence-electron chi connectivity index (χ4n) is 2.26. The molecule has 0 bridgehead atoms. The largest absolute Gasteiger partial charge is 0.495 e. The van der Waals surface area contributed by atoms with Crippen LogP contribution in [0.5, 0.6) is 5.75 Å². The zero-order valence-corrected chi connectivity index (χ0v) is 12.1. The number of carbonyl (C=O) groups excluding carboxylic acids is 1. The zero-order chi connectivity index (χ0) is 14.4. The molecule has 1 aromatic rings. The number of rotatable bonds is 5. The van der Waals surface area contributed by atoms with Crippen molar-refractivity contribution in [1.82, 2.24) is 5.32 Å². The molecule has 2 N–H and O–H groups in total. The van der Waals surface area contributed by atoms with Gasteiger partial charge in [-0.25, -0.2) is 0 Å². The molecule has 20 heavy (non-hydrogen) atoms. The number of piperidine rings is 1. The molecule has 1 fully saturated rings. The minimum absolute atomic E-state index is 0.0851. The van der Waals surface area contributed by atoms with Gasteiger partial charge in [-0.2, -0.15) is 0 Å². The number of ether oxygens (including phenoxy) is 2. The Morgan fingerprint density at radius 2 is 2.15 bits per heavy atom. The minimum atomic E-state index is -0.146. The average molecular weight is 278 g/mol. The summed E-state index contributed by atoms with van der Waals surface area (Å²) in [5.41, 5.74) is 1.76. The van der Waals surface area contributed by atoms with Gasteiger partial charge in [0.05, 0.1) is 18.9 Å². The summed E-state index contributed by atoms with van der Waals surface area (Å²) in [6.07, 6.45) is 2.10. The molecule has 0 aliphatic carbocycles. The number of nitrogens with one attached hydrogen (secondary N) is 2. The molecule has 0 atom stereocenters. The number of methoxy groups -OCH3 is 1. The first-order valence-corrected chi connectivity index (χ1v) is 6.96. The molecule has 0 aromatic heterocycles. The third-order valence-electron chi connectivity index (χ3n) is 3.37. The van der Waals surface area contributed by atoms with E-state index in [0.717, 1.165) is 31.5 Å². The number of amides is 1. The highest BCUT2D eigenvalue weighted by Gasteiger charge is 2.15. The second-order valence-electron chi connectivity index (χ2n) is 5.01. The van der Waals surface area contributed by atoms with Gasteiger partial charge in [0.2, 0.25) is 5.91 Å². The molecular formula is C15H22N2O3. The van der Waals surface area contributed by atoms with Gasteiger partial charge in [-0.15, -0.1) is 0 Å². The van der Waals surface area contributed by atoms with Crippen LogP contribution in [0, 0.1) is 6.92 Å². The highest BCUT2D eigenvalue weighted by atomic mass is 16.5. The van der Waals surface area contributed by atoms with Gasteiger partial charge in [0.1, 0.15) is 12.4 Å². The Labute approximate surface area is 119 Å². The number of benzene rings is 1. The molecule has 0 saturated carbocycles. The first-order valence-electron chi connectivity index (χ1n) is 6.96. The Balaban J connectivity index is 1.86. The molecule has 0 spiro atoms. The van der Waals surface area contributed by atoms with Gasteiger partial charge in [-0.3, -0.25) is 4.79 Å². The number of hydrogen-bond donors (Lipinski definition) is 2. The van der Waals surface area contributed by atoms with Crippen molar-refractivity contribution < 1.29 is 14.3 Å². The predicted molar refractivity (Wildman–Crippen MR) is 78.2 cm³/mol. The number of anilines is 1. The van der Waals surface area contributed by atoms with E-state index in [2.05, 4.69) is 10.6 Å². The lowest BCUT2D eigenvalue weighted by Crippen LogP contribution is -2.34. The van der Waals surface area contributed by atoms with Crippen LogP contribution in [0.4, 0.5) is 5.69 Å². The SMILES string of the molecule is COc1ccc(C)cc1NC(=O)COC1CCNCC1. The van der Waals surface area contributed by atoms with E-state index in [0.29, 0.717) is 11.4 Å². The van der Waals surface area contributed by atoms with Gasteiger partial charge in [0.15, 0.2) is 0 Å². The summed E-state index contributed by atoms with van der Waals surface area (Å²) in [4.78, 5) is 11.9. The van der Waals surface area contributed by atoms with E-state index < -0.39 is 0 Å². The topological polar surface area (TPSA) is 59.6 Å². The van der Waals surface area contributed by atoms with Crippen molar-refractivity contribution in [1.29, 1.82) is 0 Å². The zero-order valence-electron chi connectivity index (χ0n) is 12.1. The number of hydrogen-bond acceptors (Lipinski definition) is 4. The predicted octanol–water partition coefficient (Wildman–Crippen LogP) is 1.71. The fraction of sp³-hybridized carbons (Fsp3) is 0.533. The normalized spacial score (nSPS) is 15.9. The van der Waals surface area contributed by atoms with Crippen LogP contribution in [-0.4, -0.2) is 38.8 Å². The van der Waals surface area contributed by atoms with E-state index in [1.54, 1.807) is 7.11 Å². The van der Waals surface area contributed by atoms with E-state index in [1.807, 2.05) is 25.1 Å². The summed E-state index contributed by atoms with van der Waals surface area (Å²) < 4.78 is 10.9. The summed E-state index contributed by atoms with van der Waals surface area (Å²) in [5.74, 6) is 0.512. The number of aryl methyl sites for hydroxylation is 1. The van der Waals surface area contributed by atoms with Gasteiger partial charge in [0.25, 0.3) is 0 Å². The van der Waals surface area contributed by atoms with Crippen LogP contribution >= 0.6 is 0 Å². The summed E-state index contributed by atoms with van der Waals surface area (Å²) in [7, 11) is 1.59. The van der Waals surface area contributed by atoms with Crippen molar-refractivity contribution in [2.24, 2.45) is 0 Å². The molecule has 2 rings (SSSR count). The molecule has 5 heteroatoms.